The van der Waals surface area contributed by atoms with Crippen LogP contribution in [-0.4, -0.2) is 59.1 Å². The molecule has 0 spiro atoms. The highest BCUT2D eigenvalue weighted by molar-refractivity contribution is 14.2. The van der Waals surface area contributed by atoms with Gasteiger partial charge in [0.05, 0.1) is 41.8 Å². The lowest BCUT2D eigenvalue weighted by Crippen LogP contribution is -2.27. The van der Waals surface area contributed by atoms with Gasteiger partial charge >= 0.3 is 5.97 Å². The van der Waals surface area contributed by atoms with Crippen molar-refractivity contribution in [3.8, 4) is 22.8 Å². The summed E-state index contributed by atoms with van der Waals surface area (Å²) in [6, 6.07) is 13.7. The first-order valence-electron chi connectivity index (χ1n) is 13.5. The molecular weight excluding hydrogens is 727 g/mol. The summed E-state index contributed by atoms with van der Waals surface area (Å²) in [6.07, 6.45) is 3.14. The van der Waals surface area contributed by atoms with Crippen LogP contribution in [0, 0.1) is 0 Å². The number of aromatic nitrogens is 3. The van der Waals surface area contributed by atoms with E-state index in [9.17, 15) is 4.79 Å². The van der Waals surface area contributed by atoms with E-state index in [1.807, 2.05) is 74.6 Å². The summed E-state index contributed by atoms with van der Waals surface area (Å²) in [5.74, 6) is 0.969. The Morgan fingerprint density at radius 1 is 1.00 bits per heavy atom. The van der Waals surface area contributed by atoms with Crippen LogP contribution in [0.4, 0.5) is 0 Å². The number of rotatable bonds is 14. The molecule has 0 aliphatic carbocycles. The molecule has 0 aliphatic rings. The van der Waals surface area contributed by atoms with E-state index in [0.717, 1.165) is 22.2 Å². The minimum Gasteiger partial charge on any atom is -0.491 e. The highest BCUT2D eigenvalue weighted by Gasteiger charge is 2.19. The van der Waals surface area contributed by atoms with Gasteiger partial charge in [-0.25, -0.2) is 9.25 Å². The van der Waals surface area contributed by atoms with Crippen LogP contribution in [0.5, 0.6) is 11.5 Å². The SMILES string of the molecule is C[C@@H](Oc1ccc2c(c1)c(-c1cccc(OCCOCCOCC(=O)OC(C)(C)C)c1)nn2PI)c1c(Cl)cncc1Cl. The summed E-state index contributed by atoms with van der Waals surface area (Å²) < 4.78 is 30.2. The van der Waals surface area contributed by atoms with Crippen molar-refractivity contribution in [2.75, 3.05) is 33.0 Å². The van der Waals surface area contributed by atoms with Gasteiger partial charge in [-0.3, -0.25) is 4.98 Å². The van der Waals surface area contributed by atoms with Crippen LogP contribution in [0.25, 0.3) is 22.2 Å². The largest absolute Gasteiger partial charge is 0.491 e. The van der Waals surface area contributed by atoms with E-state index >= 15 is 0 Å². The summed E-state index contributed by atoms with van der Waals surface area (Å²) in [5.41, 5.74) is 2.89. The molecule has 0 amide bonds. The second kappa shape index (κ2) is 15.7. The molecular formula is C30H33Cl2IN3O6P. The van der Waals surface area contributed by atoms with Gasteiger partial charge in [0.25, 0.3) is 0 Å². The number of benzene rings is 2. The number of fused-ring (bicyclic) bond motifs is 1. The molecule has 13 heteroatoms. The standard InChI is InChI=1S/C30H33Cl2IN3O6P/c1-19(28-24(31)16-34-17-25(28)32)41-22-8-9-26-23(15-22)29(35-36(26)43-33)20-6-5-7-21(14-20)40-13-12-38-10-11-39-18-27(37)42-30(2,3)4/h5-9,14-17,19,43H,10-13,18H2,1-4H3/t19-/m1/s1. The Bertz CT molecular complexity index is 1530. The van der Waals surface area contributed by atoms with Crippen molar-refractivity contribution >= 4 is 68.5 Å². The third kappa shape index (κ3) is 9.64. The first-order chi connectivity index (χ1) is 20.6. The first kappa shape index (κ1) is 33.7. The lowest BCUT2D eigenvalue weighted by atomic mass is 10.1. The third-order valence-corrected chi connectivity index (χ3v) is 8.43. The van der Waals surface area contributed by atoms with Crippen molar-refractivity contribution in [2.24, 2.45) is 0 Å². The van der Waals surface area contributed by atoms with Crippen LogP contribution >= 0.6 is 51.6 Å². The summed E-state index contributed by atoms with van der Waals surface area (Å²) in [7, 11) is 0. The molecule has 0 N–H and O–H groups in total. The third-order valence-electron chi connectivity index (χ3n) is 5.96. The zero-order chi connectivity index (χ0) is 31.0. The molecule has 4 aromatic rings. The Morgan fingerprint density at radius 2 is 1.72 bits per heavy atom. The van der Waals surface area contributed by atoms with Gasteiger partial charge < -0.3 is 23.7 Å². The summed E-state index contributed by atoms with van der Waals surface area (Å²) in [5, 5.41) is 6.74. The van der Waals surface area contributed by atoms with Crippen molar-refractivity contribution in [3.05, 3.63) is 70.5 Å². The van der Waals surface area contributed by atoms with E-state index in [0.29, 0.717) is 53.3 Å². The van der Waals surface area contributed by atoms with E-state index in [4.69, 9.17) is 52.0 Å². The number of hydrogen-bond acceptors (Lipinski definition) is 8. The summed E-state index contributed by atoms with van der Waals surface area (Å²) in [6.45, 7) is 8.60. The van der Waals surface area contributed by atoms with Gasteiger partial charge in [-0.1, -0.05) is 35.3 Å². The minimum atomic E-state index is -0.532. The van der Waals surface area contributed by atoms with Gasteiger partial charge in [-0.15, -0.1) is 0 Å². The van der Waals surface area contributed by atoms with Crippen LogP contribution in [0.2, 0.25) is 10.0 Å². The molecule has 4 rings (SSSR count). The minimum absolute atomic E-state index is 0.105. The van der Waals surface area contributed by atoms with Gasteiger partial charge in [0.15, 0.2) is 0 Å². The maximum atomic E-state index is 11.7. The zero-order valence-electron chi connectivity index (χ0n) is 24.2. The van der Waals surface area contributed by atoms with Crippen LogP contribution in [0.3, 0.4) is 0 Å². The Labute approximate surface area is 275 Å². The normalized spacial score (nSPS) is 12.6. The zero-order valence-corrected chi connectivity index (χ0v) is 28.9. The van der Waals surface area contributed by atoms with E-state index in [-0.39, 0.29) is 19.3 Å². The number of nitrogens with zero attached hydrogens (tertiary/aromatic N) is 3. The number of esters is 1. The van der Waals surface area contributed by atoms with E-state index in [2.05, 4.69) is 27.0 Å². The van der Waals surface area contributed by atoms with Crippen LogP contribution < -0.4 is 9.47 Å². The Balaban J connectivity index is 1.36. The molecule has 43 heavy (non-hydrogen) atoms. The van der Waals surface area contributed by atoms with Gasteiger partial charge in [-0.2, -0.15) is 5.10 Å². The molecule has 1 unspecified atom stereocenters. The molecule has 0 saturated heterocycles. The highest BCUT2D eigenvalue weighted by atomic mass is 127. The van der Waals surface area contributed by atoms with Gasteiger partial charge in [-0.05, 0) is 80.1 Å². The van der Waals surface area contributed by atoms with Gasteiger partial charge in [0.2, 0.25) is 0 Å². The maximum absolute atomic E-state index is 11.7. The molecule has 0 saturated carbocycles. The number of ether oxygens (including phenoxy) is 5. The molecule has 2 atom stereocenters. The Kier molecular flexibility index (Phi) is 12.3. The quantitative estimate of drug-likeness (QED) is 0.0552. The lowest BCUT2D eigenvalue weighted by molar-refractivity contribution is -0.160. The number of carbonyl (C=O) groups excluding carboxylic acids is 1. The Morgan fingerprint density at radius 3 is 2.44 bits per heavy atom. The lowest BCUT2D eigenvalue weighted by Gasteiger charge is -2.19. The van der Waals surface area contributed by atoms with E-state index in [1.165, 1.54) is 0 Å². The van der Waals surface area contributed by atoms with E-state index < -0.39 is 11.6 Å². The van der Waals surface area contributed by atoms with Gasteiger partial charge in [0, 0.05) is 28.9 Å². The highest BCUT2D eigenvalue weighted by Crippen LogP contribution is 2.39. The second-order valence-corrected chi connectivity index (χ2v) is 13.3. The fraction of sp³-hybridized carbons (Fsp3) is 0.367. The molecule has 2 heterocycles. The fourth-order valence-electron chi connectivity index (χ4n) is 4.22. The topological polar surface area (TPSA) is 93.9 Å². The van der Waals surface area contributed by atoms with Gasteiger partial charge in [0.1, 0.15) is 42.1 Å². The van der Waals surface area contributed by atoms with E-state index in [1.54, 1.807) is 12.4 Å². The number of pyridine rings is 1. The molecule has 0 fully saturated rings. The van der Waals surface area contributed by atoms with Crippen molar-refractivity contribution < 1.29 is 28.5 Å². The fourth-order valence-corrected chi connectivity index (χ4v) is 6.42. The van der Waals surface area contributed by atoms with Crippen molar-refractivity contribution in [2.45, 2.75) is 39.4 Å². The molecule has 0 aliphatic heterocycles. The Hall–Kier alpha value is -2.21. The number of hydrogen-bond donors (Lipinski definition) is 0. The second-order valence-electron chi connectivity index (χ2n) is 10.4. The average Bonchev–Trinajstić information content (AvgIpc) is 3.31. The van der Waals surface area contributed by atoms with Crippen molar-refractivity contribution in [1.29, 1.82) is 0 Å². The molecule has 0 radical (unpaired) electrons. The van der Waals surface area contributed by atoms with Crippen molar-refractivity contribution in [1.82, 2.24) is 14.5 Å². The summed E-state index contributed by atoms with van der Waals surface area (Å²) >= 11 is 15.0. The van der Waals surface area contributed by atoms with Crippen LogP contribution in [0.1, 0.15) is 39.4 Å². The smallest absolute Gasteiger partial charge is 0.332 e. The molecule has 2 aromatic heterocycles. The molecule has 2 aromatic carbocycles. The number of carbonyl (C=O) groups is 1. The first-order valence-corrected chi connectivity index (χ1v) is 18.3. The number of halogens is 3. The van der Waals surface area contributed by atoms with Crippen molar-refractivity contribution in [3.63, 3.8) is 0 Å². The van der Waals surface area contributed by atoms with Crippen LogP contribution in [0.15, 0.2) is 54.9 Å². The van der Waals surface area contributed by atoms with Crippen LogP contribution in [-0.2, 0) is 19.0 Å². The molecule has 0 bridgehead atoms. The molecule has 9 nitrogen and oxygen atoms in total. The monoisotopic (exact) mass is 759 g/mol. The summed E-state index contributed by atoms with van der Waals surface area (Å²) in [4.78, 5) is 15.7. The maximum Gasteiger partial charge on any atom is 0.332 e. The average molecular weight is 760 g/mol. The predicted octanol–water partition coefficient (Wildman–Crippen LogP) is 8.09. The molecule has 230 valence electrons. The predicted molar refractivity (Wildman–Crippen MR) is 179 cm³/mol.